The Morgan fingerprint density at radius 2 is 2.04 bits per heavy atom. The maximum absolute atomic E-state index is 5.64. The maximum Gasteiger partial charge on any atom is 0.122 e. The summed E-state index contributed by atoms with van der Waals surface area (Å²) in [6.45, 7) is 4.14. The lowest BCUT2D eigenvalue weighted by atomic mass is 9.87. The van der Waals surface area contributed by atoms with Crippen LogP contribution in [0.3, 0.4) is 0 Å². The van der Waals surface area contributed by atoms with Gasteiger partial charge in [-0.25, -0.2) is 0 Å². The number of fused-ring (bicyclic) bond motifs is 2. The van der Waals surface area contributed by atoms with E-state index in [4.69, 9.17) is 4.74 Å². The molecule has 2 aromatic carbocycles. The summed E-state index contributed by atoms with van der Waals surface area (Å²) < 4.78 is 5.64. The van der Waals surface area contributed by atoms with Gasteiger partial charge in [-0.05, 0) is 29.2 Å². The van der Waals surface area contributed by atoms with Crippen LogP contribution in [0.1, 0.15) is 23.1 Å². The number of rotatable bonds is 4. The molecule has 2 saturated heterocycles. The summed E-state index contributed by atoms with van der Waals surface area (Å²) in [4.78, 5) is 2.61. The van der Waals surface area contributed by atoms with Crippen LogP contribution in [0.25, 0.3) is 6.08 Å². The Balaban J connectivity index is 1.25. The van der Waals surface area contributed by atoms with Crippen LogP contribution >= 0.6 is 0 Å². The van der Waals surface area contributed by atoms with E-state index in [2.05, 4.69) is 76.4 Å². The number of benzene rings is 2. The van der Waals surface area contributed by atoms with Crippen LogP contribution < -0.4 is 15.6 Å². The molecule has 0 aromatic heterocycles. The second-order valence-corrected chi connectivity index (χ2v) is 7.92. The van der Waals surface area contributed by atoms with Gasteiger partial charge in [0.15, 0.2) is 0 Å². The fourth-order valence-electron chi connectivity index (χ4n) is 4.62. The Kier molecular flexibility index (Phi) is 4.70. The van der Waals surface area contributed by atoms with Crippen molar-refractivity contribution in [3.8, 4) is 5.75 Å². The van der Waals surface area contributed by atoms with Crippen LogP contribution in [0.5, 0.6) is 5.75 Å². The summed E-state index contributed by atoms with van der Waals surface area (Å²) in [6.07, 6.45) is 6.81. The van der Waals surface area contributed by atoms with Gasteiger partial charge in [-0.3, -0.25) is 15.8 Å². The summed E-state index contributed by atoms with van der Waals surface area (Å²) >= 11 is 0. The molecule has 4 nitrogen and oxygen atoms in total. The monoisotopic (exact) mass is 361 g/mol. The normalized spacial score (nSPS) is 27.5. The Labute approximate surface area is 161 Å². The molecule has 0 saturated carbocycles. The van der Waals surface area contributed by atoms with E-state index in [1.165, 1.54) is 23.1 Å². The number of hydrogen-bond acceptors (Lipinski definition) is 4. The van der Waals surface area contributed by atoms with Gasteiger partial charge in [0.05, 0.1) is 6.61 Å². The summed E-state index contributed by atoms with van der Waals surface area (Å²) in [7, 11) is 0. The zero-order valence-corrected chi connectivity index (χ0v) is 15.6. The van der Waals surface area contributed by atoms with Crippen molar-refractivity contribution in [2.45, 2.75) is 31.5 Å². The molecule has 3 heterocycles. The maximum atomic E-state index is 5.64. The van der Waals surface area contributed by atoms with E-state index in [9.17, 15) is 0 Å². The van der Waals surface area contributed by atoms with E-state index < -0.39 is 0 Å². The molecule has 2 aromatic rings. The highest BCUT2D eigenvalue weighted by Crippen LogP contribution is 2.29. The number of hydrogen-bond donors (Lipinski definition) is 2. The highest BCUT2D eigenvalue weighted by molar-refractivity contribution is 5.49. The van der Waals surface area contributed by atoms with Gasteiger partial charge in [0.2, 0.25) is 0 Å². The smallest absolute Gasteiger partial charge is 0.122 e. The third-order valence-corrected chi connectivity index (χ3v) is 6.09. The molecule has 140 valence electrons. The second kappa shape index (κ2) is 7.47. The van der Waals surface area contributed by atoms with Gasteiger partial charge in [-0.1, -0.05) is 54.6 Å². The predicted molar refractivity (Wildman–Crippen MR) is 108 cm³/mol. The molecular formula is C23H27N3O. The Morgan fingerprint density at radius 1 is 1.11 bits per heavy atom. The minimum Gasteiger partial charge on any atom is -0.493 e. The quantitative estimate of drug-likeness (QED) is 0.878. The van der Waals surface area contributed by atoms with Crippen LogP contribution in [0.4, 0.5) is 0 Å². The van der Waals surface area contributed by atoms with Gasteiger partial charge >= 0.3 is 0 Å². The zero-order chi connectivity index (χ0) is 18.1. The van der Waals surface area contributed by atoms with Crippen molar-refractivity contribution in [1.82, 2.24) is 15.8 Å². The van der Waals surface area contributed by atoms with Gasteiger partial charge < -0.3 is 4.74 Å². The van der Waals surface area contributed by atoms with Crippen LogP contribution in [-0.2, 0) is 13.0 Å². The molecule has 3 unspecified atom stereocenters. The minimum absolute atomic E-state index is 0.381. The standard InChI is InChI=1S/C23H27N3O/c1-2-4-17(5-3-1)6-8-21-20-16-26(12-10-22(20)25-24-21)15-18-7-9-23-19(14-18)11-13-27-23/h1-9,14,20-22,24-25H,10-13,15-16H2/b8-6+. The molecule has 0 radical (unpaired) electrons. The van der Waals surface area contributed by atoms with Gasteiger partial charge in [0.1, 0.15) is 5.75 Å². The molecule has 0 bridgehead atoms. The SMILES string of the molecule is C(=C\C1NNC2CCN(Cc3ccc4c(c3)CCO4)CC12)/c1ccccc1. The minimum atomic E-state index is 0.381. The topological polar surface area (TPSA) is 36.5 Å². The third kappa shape index (κ3) is 3.65. The van der Waals surface area contributed by atoms with Crippen LogP contribution in [-0.4, -0.2) is 36.7 Å². The number of nitrogens with one attached hydrogen (secondary N) is 2. The lowest BCUT2D eigenvalue weighted by molar-refractivity contribution is 0.154. The molecule has 4 heteroatoms. The largest absolute Gasteiger partial charge is 0.493 e. The van der Waals surface area contributed by atoms with Gasteiger partial charge in [-0.15, -0.1) is 0 Å². The van der Waals surface area contributed by atoms with Gasteiger partial charge in [-0.2, -0.15) is 0 Å². The number of nitrogens with zero attached hydrogens (tertiary/aromatic N) is 1. The number of hydrazine groups is 1. The average Bonchev–Trinajstić information content (AvgIpc) is 3.33. The van der Waals surface area contributed by atoms with Crippen LogP contribution in [0, 0.1) is 5.92 Å². The molecule has 5 rings (SSSR count). The molecule has 0 aliphatic carbocycles. The Morgan fingerprint density at radius 3 is 2.96 bits per heavy atom. The highest BCUT2D eigenvalue weighted by Gasteiger charge is 2.38. The summed E-state index contributed by atoms with van der Waals surface area (Å²) in [5, 5.41) is 0. The van der Waals surface area contributed by atoms with Crippen LogP contribution in [0.2, 0.25) is 0 Å². The number of likely N-dealkylation sites (tertiary alicyclic amines) is 1. The van der Waals surface area contributed by atoms with Gasteiger partial charge in [0, 0.05) is 44.1 Å². The predicted octanol–water partition coefficient (Wildman–Crippen LogP) is 3.00. The number of piperidine rings is 1. The summed E-state index contributed by atoms with van der Waals surface area (Å²) in [6, 6.07) is 18.2. The molecule has 27 heavy (non-hydrogen) atoms. The Hall–Kier alpha value is -2.14. The van der Waals surface area contributed by atoms with E-state index in [1.807, 2.05) is 0 Å². The zero-order valence-electron chi connectivity index (χ0n) is 15.6. The van der Waals surface area contributed by atoms with E-state index in [-0.39, 0.29) is 0 Å². The Bertz CT molecular complexity index is 820. The molecular weight excluding hydrogens is 334 g/mol. The molecule has 0 amide bonds. The van der Waals surface area contributed by atoms with E-state index in [1.54, 1.807) is 0 Å². The second-order valence-electron chi connectivity index (χ2n) is 7.92. The van der Waals surface area contributed by atoms with Gasteiger partial charge in [0.25, 0.3) is 0 Å². The molecule has 2 N–H and O–H groups in total. The fourth-order valence-corrected chi connectivity index (χ4v) is 4.62. The first kappa shape index (κ1) is 17.0. The lowest BCUT2D eigenvalue weighted by Crippen LogP contribution is -2.45. The van der Waals surface area contributed by atoms with Crippen molar-refractivity contribution >= 4 is 6.08 Å². The summed E-state index contributed by atoms with van der Waals surface area (Å²) in [5.41, 5.74) is 11.1. The first-order chi connectivity index (χ1) is 13.3. The number of ether oxygens (including phenoxy) is 1. The van der Waals surface area contributed by atoms with Crippen molar-refractivity contribution in [1.29, 1.82) is 0 Å². The van der Waals surface area contributed by atoms with E-state index in [0.29, 0.717) is 18.0 Å². The van der Waals surface area contributed by atoms with Crippen molar-refractivity contribution in [3.05, 3.63) is 71.3 Å². The first-order valence-electron chi connectivity index (χ1n) is 10.1. The van der Waals surface area contributed by atoms with Crippen LogP contribution in [0.15, 0.2) is 54.6 Å². The highest BCUT2D eigenvalue weighted by atomic mass is 16.5. The molecule has 3 aliphatic rings. The average molecular weight is 361 g/mol. The van der Waals surface area contributed by atoms with Crippen molar-refractivity contribution in [2.24, 2.45) is 5.92 Å². The molecule has 3 aliphatic heterocycles. The first-order valence-corrected chi connectivity index (χ1v) is 10.1. The third-order valence-electron chi connectivity index (χ3n) is 6.09. The van der Waals surface area contributed by atoms with E-state index >= 15 is 0 Å². The molecule has 0 spiro atoms. The van der Waals surface area contributed by atoms with Crippen molar-refractivity contribution < 1.29 is 4.74 Å². The summed E-state index contributed by atoms with van der Waals surface area (Å²) in [5.74, 6) is 1.68. The van der Waals surface area contributed by atoms with Crippen molar-refractivity contribution in [2.75, 3.05) is 19.7 Å². The van der Waals surface area contributed by atoms with E-state index in [0.717, 1.165) is 38.4 Å². The molecule has 3 atom stereocenters. The van der Waals surface area contributed by atoms with Crippen molar-refractivity contribution in [3.63, 3.8) is 0 Å². The molecule has 2 fully saturated rings. The lowest BCUT2D eigenvalue weighted by Gasteiger charge is -2.35. The fraction of sp³-hybridized carbons (Fsp3) is 0.391.